The monoisotopic (exact) mass is 712 g/mol. The van der Waals surface area contributed by atoms with Crippen molar-refractivity contribution in [2.75, 3.05) is 9.80 Å². The normalized spacial score (nSPS) is 11.6. The van der Waals surface area contributed by atoms with E-state index in [1.165, 1.54) is 64.6 Å². The third-order valence-electron chi connectivity index (χ3n) is 11.3. The second kappa shape index (κ2) is 13.2. The van der Waals surface area contributed by atoms with Crippen LogP contribution in [0.2, 0.25) is 0 Å². The van der Waals surface area contributed by atoms with Gasteiger partial charge in [0.15, 0.2) is 0 Å². The fraction of sp³-hybridized carbons (Fsp3) is 0. The van der Waals surface area contributed by atoms with Gasteiger partial charge in [-0.2, -0.15) is 0 Å². The van der Waals surface area contributed by atoms with Crippen LogP contribution in [0.4, 0.5) is 34.1 Å². The fourth-order valence-corrected chi connectivity index (χ4v) is 8.78. The minimum absolute atomic E-state index is 1.11. The maximum absolute atomic E-state index is 2.50. The Morgan fingerprint density at radius 1 is 0.214 bits per heavy atom. The van der Waals surface area contributed by atoms with E-state index in [4.69, 9.17) is 0 Å². The Labute approximate surface area is 325 Å². The highest BCUT2D eigenvalue weighted by molar-refractivity contribution is 6.25. The van der Waals surface area contributed by atoms with Gasteiger partial charge in [-0.05, 0) is 68.7 Å². The van der Waals surface area contributed by atoms with E-state index in [1.54, 1.807) is 0 Å². The molecule has 2 nitrogen and oxygen atoms in total. The number of anilines is 6. The van der Waals surface area contributed by atoms with Gasteiger partial charge in [0.05, 0.1) is 22.7 Å². The van der Waals surface area contributed by atoms with Crippen LogP contribution in [-0.2, 0) is 0 Å². The molecule has 2 heteroatoms. The summed E-state index contributed by atoms with van der Waals surface area (Å²) in [5.41, 5.74) is 6.82. The molecule has 56 heavy (non-hydrogen) atoms. The van der Waals surface area contributed by atoms with Crippen molar-refractivity contribution in [3.8, 4) is 0 Å². The number of benzene rings is 11. The number of rotatable bonds is 6. The molecule has 0 fully saturated rings. The summed E-state index contributed by atoms with van der Waals surface area (Å²) in [7, 11) is 0. The molecule has 0 radical (unpaired) electrons. The van der Waals surface area contributed by atoms with E-state index < -0.39 is 0 Å². The van der Waals surface area contributed by atoms with E-state index in [9.17, 15) is 0 Å². The predicted molar refractivity (Wildman–Crippen MR) is 241 cm³/mol. The van der Waals surface area contributed by atoms with Crippen LogP contribution in [0.15, 0.2) is 218 Å². The third kappa shape index (κ3) is 5.19. The lowest BCUT2D eigenvalue weighted by atomic mass is 9.94. The number of hydrogen-bond donors (Lipinski definition) is 0. The molecule has 0 aliphatic heterocycles. The SMILES string of the molecule is c1ccc2cc(N(c3cccc4ccccc34)c3c4ccccc4c(N(c4ccc5ccccc5c4)c4cccc5ccccc45)c4ccccc34)ccc2c1. The van der Waals surface area contributed by atoms with E-state index >= 15 is 0 Å². The van der Waals surface area contributed by atoms with Gasteiger partial charge in [-0.15, -0.1) is 0 Å². The van der Waals surface area contributed by atoms with Crippen LogP contribution in [-0.4, -0.2) is 0 Å². The van der Waals surface area contributed by atoms with Gasteiger partial charge in [0.1, 0.15) is 0 Å². The topological polar surface area (TPSA) is 6.48 Å². The van der Waals surface area contributed by atoms with Crippen molar-refractivity contribution in [1.82, 2.24) is 0 Å². The van der Waals surface area contributed by atoms with Crippen molar-refractivity contribution in [2.45, 2.75) is 0 Å². The van der Waals surface area contributed by atoms with Crippen LogP contribution in [0, 0.1) is 0 Å². The van der Waals surface area contributed by atoms with Crippen LogP contribution in [0.1, 0.15) is 0 Å². The number of fused-ring (bicyclic) bond motifs is 6. The van der Waals surface area contributed by atoms with Gasteiger partial charge in [0, 0.05) is 43.7 Å². The Balaban J connectivity index is 1.28. The zero-order valence-electron chi connectivity index (χ0n) is 30.7. The highest BCUT2D eigenvalue weighted by Crippen LogP contribution is 2.52. The van der Waals surface area contributed by atoms with E-state index in [0.29, 0.717) is 0 Å². The van der Waals surface area contributed by atoms with Gasteiger partial charge < -0.3 is 9.80 Å². The molecule has 0 heterocycles. The molecule has 0 aromatic heterocycles. The standard InChI is InChI=1S/C54H36N2/c1-3-19-41-35-43(33-31-37(41)15-1)55(51-29-13-21-39-17-5-7-23-45(39)51)53-47-25-9-11-27-49(47)54(50-28-12-10-26-48(50)53)56(44-34-32-38-16-2-4-20-42(38)36-44)52-30-14-22-40-18-6-8-24-46(40)52/h1-36H. The van der Waals surface area contributed by atoms with Gasteiger partial charge in [-0.3, -0.25) is 0 Å². The summed E-state index contributed by atoms with van der Waals surface area (Å²) < 4.78 is 0. The van der Waals surface area contributed by atoms with E-state index in [0.717, 1.165) is 34.1 Å². The molecular weight excluding hydrogens is 677 g/mol. The highest BCUT2D eigenvalue weighted by atomic mass is 15.2. The van der Waals surface area contributed by atoms with Crippen LogP contribution >= 0.6 is 0 Å². The number of nitrogens with zero attached hydrogens (tertiary/aromatic N) is 2. The zero-order chi connectivity index (χ0) is 37.0. The van der Waals surface area contributed by atoms with Crippen molar-refractivity contribution < 1.29 is 0 Å². The Hall–Kier alpha value is -7.42. The Bertz CT molecular complexity index is 3000. The van der Waals surface area contributed by atoms with Crippen LogP contribution in [0.5, 0.6) is 0 Å². The first-order chi connectivity index (χ1) is 27.8. The summed E-state index contributed by atoms with van der Waals surface area (Å²) in [5, 5.41) is 14.4. The molecule has 0 N–H and O–H groups in total. The second-order valence-corrected chi connectivity index (χ2v) is 14.5. The fourth-order valence-electron chi connectivity index (χ4n) is 8.78. The summed E-state index contributed by atoms with van der Waals surface area (Å²) in [5.74, 6) is 0. The summed E-state index contributed by atoms with van der Waals surface area (Å²) in [6.45, 7) is 0. The molecule has 0 saturated heterocycles. The molecule has 0 bridgehead atoms. The molecule has 0 aliphatic carbocycles. The lowest BCUT2D eigenvalue weighted by Crippen LogP contribution is -2.15. The molecule has 0 unspecified atom stereocenters. The van der Waals surface area contributed by atoms with Crippen LogP contribution in [0.25, 0.3) is 64.6 Å². The van der Waals surface area contributed by atoms with E-state index in [1.807, 2.05) is 0 Å². The third-order valence-corrected chi connectivity index (χ3v) is 11.3. The molecule has 0 saturated carbocycles. The smallest absolute Gasteiger partial charge is 0.0620 e. The first kappa shape index (κ1) is 32.0. The molecular formula is C54H36N2. The number of hydrogen-bond acceptors (Lipinski definition) is 2. The predicted octanol–water partition coefficient (Wildman–Crippen LogP) is 15.5. The maximum atomic E-state index is 2.50. The van der Waals surface area contributed by atoms with Gasteiger partial charge in [-0.25, -0.2) is 0 Å². The molecule has 0 atom stereocenters. The van der Waals surface area contributed by atoms with Gasteiger partial charge >= 0.3 is 0 Å². The molecule has 11 aromatic rings. The molecule has 0 aliphatic rings. The van der Waals surface area contributed by atoms with Gasteiger partial charge in [0.2, 0.25) is 0 Å². The molecule has 262 valence electrons. The molecule has 0 amide bonds. The Morgan fingerprint density at radius 3 is 0.911 bits per heavy atom. The van der Waals surface area contributed by atoms with Crippen LogP contribution in [0.3, 0.4) is 0 Å². The zero-order valence-corrected chi connectivity index (χ0v) is 30.7. The average Bonchev–Trinajstić information content (AvgIpc) is 3.27. The first-order valence-electron chi connectivity index (χ1n) is 19.3. The Morgan fingerprint density at radius 2 is 0.518 bits per heavy atom. The summed E-state index contributed by atoms with van der Waals surface area (Å²) in [4.78, 5) is 5.00. The van der Waals surface area contributed by atoms with Crippen molar-refractivity contribution in [3.63, 3.8) is 0 Å². The summed E-state index contributed by atoms with van der Waals surface area (Å²) in [6, 6.07) is 79.8. The quantitative estimate of drug-likeness (QED) is 0.125. The summed E-state index contributed by atoms with van der Waals surface area (Å²) in [6.07, 6.45) is 0. The largest absolute Gasteiger partial charge is 0.309 e. The van der Waals surface area contributed by atoms with Crippen molar-refractivity contribution in [1.29, 1.82) is 0 Å². The minimum Gasteiger partial charge on any atom is -0.309 e. The van der Waals surface area contributed by atoms with Crippen molar-refractivity contribution in [3.05, 3.63) is 218 Å². The first-order valence-corrected chi connectivity index (χ1v) is 19.3. The molecule has 0 spiro atoms. The van der Waals surface area contributed by atoms with Gasteiger partial charge in [0.25, 0.3) is 0 Å². The maximum Gasteiger partial charge on any atom is 0.0620 e. The van der Waals surface area contributed by atoms with Crippen molar-refractivity contribution >= 4 is 98.8 Å². The van der Waals surface area contributed by atoms with Gasteiger partial charge in [-0.1, -0.05) is 182 Å². The lowest BCUT2D eigenvalue weighted by molar-refractivity contribution is 1.32. The summed E-state index contributed by atoms with van der Waals surface area (Å²) >= 11 is 0. The second-order valence-electron chi connectivity index (χ2n) is 14.5. The molecule has 11 aromatic carbocycles. The average molecular weight is 713 g/mol. The van der Waals surface area contributed by atoms with Crippen molar-refractivity contribution in [2.24, 2.45) is 0 Å². The van der Waals surface area contributed by atoms with Crippen LogP contribution < -0.4 is 9.80 Å². The minimum atomic E-state index is 1.11. The Kier molecular flexibility index (Phi) is 7.53. The molecule has 11 rings (SSSR count). The van der Waals surface area contributed by atoms with E-state index in [-0.39, 0.29) is 0 Å². The lowest BCUT2D eigenvalue weighted by Gasteiger charge is -2.33. The van der Waals surface area contributed by atoms with E-state index in [2.05, 4.69) is 228 Å². The highest BCUT2D eigenvalue weighted by Gasteiger charge is 2.27.